The molecular weight excluding hydrogens is 334 g/mol. The Morgan fingerprint density at radius 3 is 2.12 bits per heavy atom. The minimum atomic E-state index is -0.159. The maximum absolute atomic E-state index is 12.3. The lowest BCUT2D eigenvalue weighted by molar-refractivity contribution is 0.0651. The summed E-state index contributed by atoms with van der Waals surface area (Å²) in [6.45, 7) is 0.500. The third-order valence-electron chi connectivity index (χ3n) is 4.23. The molecule has 130 valence electrons. The number of imide groups is 1. The largest absolute Gasteiger partial charge is 0.497 e. The minimum Gasteiger partial charge on any atom is -0.497 e. The van der Waals surface area contributed by atoms with Crippen molar-refractivity contribution in [3.05, 3.63) is 59.7 Å². The molecule has 0 fully saturated rings. The molecule has 0 aromatic heterocycles. The number of rotatable bonds is 8. The van der Waals surface area contributed by atoms with Gasteiger partial charge in [-0.3, -0.25) is 14.5 Å². The van der Waals surface area contributed by atoms with E-state index in [9.17, 15) is 9.59 Å². The summed E-state index contributed by atoms with van der Waals surface area (Å²) >= 11 is 1.81. The van der Waals surface area contributed by atoms with Gasteiger partial charge in [0.2, 0.25) is 0 Å². The average Bonchev–Trinajstić information content (AvgIpc) is 2.90. The molecule has 0 aliphatic carbocycles. The van der Waals surface area contributed by atoms with Gasteiger partial charge in [0.05, 0.1) is 18.2 Å². The highest BCUT2D eigenvalue weighted by molar-refractivity contribution is 7.99. The van der Waals surface area contributed by atoms with Crippen LogP contribution in [0.15, 0.2) is 53.4 Å². The van der Waals surface area contributed by atoms with E-state index in [1.165, 1.54) is 9.80 Å². The zero-order valence-electron chi connectivity index (χ0n) is 14.2. The normalized spacial score (nSPS) is 13.2. The van der Waals surface area contributed by atoms with Crippen LogP contribution in [0.5, 0.6) is 5.75 Å². The number of benzene rings is 2. The van der Waals surface area contributed by atoms with Gasteiger partial charge in [-0.15, -0.1) is 11.8 Å². The second-order valence-electron chi connectivity index (χ2n) is 5.89. The first kappa shape index (κ1) is 17.5. The van der Waals surface area contributed by atoms with Gasteiger partial charge in [-0.2, -0.15) is 0 Å². The van der Waals surface area contributed by atoms with Crippen molar-refractivity contribution in [2.75, 3.05) is 19.4 Å². The van der Waals surface area contributed by atoms with Gasteiger partial charge in [-0.1, -0.05) is 18.6 Å². The number of amides is 2. The molecule has 25 heavy (non-hydrogen) atoms. The van der Waals surface area contributed by atoms with E-state index in [4.69, 9.17) is 4.74 Å². The number of carbonyl (C=O) groups is 2. The van der Waals surface area contributed by atoms with Crippen molar-refractivity contribution in [3.63, 3.8) is 0 Å². The zero-order valence-corrected chi connectivity index (χ0v) is 15.1. The van der Waals surface area contributed by atoms with E-state index in [1.807, 2.05) is 23.9 Å². The second kappa shape index (κ2) is 8.21. The molecule has 4 nitrogen and oxygen atoms in total. The summed E-state index contributed by atoms with van der Waals surface area (Å²) in [5, 5.41) is 0. The predicted octanol–water partition coefficient (Wildman–Crippen LogP) is 4.25. The molecular formula is C20H21NO3S. The van der Waals surface area contributed by atoms with Gasteiger partial charge in [-0.05, 0) is 55.0 Å². The zero-order chi connectivity index (χ0) is 17.6. The van der Waals surface area contributed by atoms with Crippen LogP contribution in [0.25, 0.3) is 0 Å². The van der Waals surface area contributed by atoms with Crippen LogP contribution in [0, 0.1) is 0 Å². The molecule has 1 heterocycles. The highest BCUT2D eigenvalue weighted by Crippen LogP contribution is 2.24. The summed E-state index contributed by atoms with van der Waals surface area (Å²) in [4.78, 5) is 27.1. The van der Waals surface area contributed by atoms with Crippen molar-refractivity contribution in [1.82, 2.24) is 4.90 Å². The first-order valence-corrected chi connectivity index (χ1v) is 9.41. The Labute approximate surface area is 152 Å². The number of carbonyl (C=O) groups excluding carboxylic acids is 2. The van der Waals surface area contributed by atoms with Gasteiger partial charge >= 0.3 is 0 Å². The van der Waals surface area contributed by atoms with E-state index < -0.39 is 0 Å². The monoisotopic (exact) mass is 355 g/mol. The molecule has 0 spiro atoms. The third-order valence-corrected chi connectivity index (χ3v) is 5.33. The van der Waals surface area contributed by atoms with Gasteiger partial charge in [-0.25, -0.2) is 0 Å². The van der Waals surface area contributed by atoms with Gasteiger partial charge in [0.1, 0.15) is 5.75 Å². The van der Waals surface area contributed by atoms with E-state index in [-0.39, 0.29) is 11.8 Å². The number of fused-ring (bicyclic) bond motifs is 1. The van der Waals surface area contributed by atoms with Crippen LogP contribution in [-0.2, 0) is 0 Å². The number of hydrogen-bond acceptors (Lipinski definition) is 4. The van der Waals surface area contributed by atoms with Gasteiger partial charge < -0.3 is 4.74 Å². The Bertz CT molecular complexity index is 723. The molecule has 2 aromatic rings. The first-order chi connectivity index (χ1) is 12.2. The Morgan fingerprint density at radius 2 is 1.52 bits per heavy atom. The van der Waals surface area contributed by atoms with E-state index >= 15 is 0 Å². The molecule has 5 heteroatoms. The van der Waals surface area contributed by atoms with Crippen LogP contribution in [-0.4, -0.2) is 36.1 Å². The summed E-state index contributed by atoms with van der Waals surface area (Å²) < 4.78 is 5.15. The average molecular weight is 355 g/mol. The van der Waals surface area contributed by atoms with Gasteiger partial charge in [0.15, 0.2) is 0 Å². The maximum Gasteiger partial charge on any atom is 0.261 e. The maximum atomic E-state index is 12.3. The van der Waals surface area contributed by atoms with Crippen molar-refractivity contribution >= 4 is 23.6 Å². The molecule has 0 unspecified atom stereocenters. The van der Waals surface area contributed by atoms with Crippen LogP contribution in [0.2, 0.25) is 0 Å². The fraction of sp³-hybridized carbons (Fsp3) is 0.300. The van der Waals surface area contributed by atoms with Crippen LogP contribution in [0.3, 0.4) is 0 Å². The lowest BCUT2D eigenvalue weighted by Gasteiger charge is -2.13. The SMILES string of the molecule is COc1ccc(SCCCCCN2C(=O)c3ccccc3C2=O)cc1. The van der Waals surface area contributed by atoms with Crippen LogP contribution >= 0.6 is 11.8 Å². The molecule has 2 aromatic carbocycles. The summed E-state index contributed by atoms with van der Waals surface area (Å²) in [6.07, 6.45) is 2.89. The van der Waals surface area contributed by atoms with Crippen molar-refractivity contribution in [2.24, 2.45) is 0 Å². The number of methoxy groups -OCH3 is 1. The number of hydrogen-bond donors (Lipinski definition) is 0. The molecule has 0 atom stereocenters. The third kappa shape index (κ3) is 4.04. The number of nitrogens with zero attached hydrogens (tertiary/aromatic N) is 1. The Balaban J connectivity index is 1.38. The Kier molecular flexibility index (Phi) is 5.76. The lowest BCUT2D eigenvalue weighted by atomic mass is 10.1. The number of unbranched alkanes of at least 4 members (excludes halogenated alkanes) is 2. The molecule has 1 aliphatic heterocycles. The van der Waals surface area contributed by atoms with Crippen LogP contribution < -0.4 is 4.74 Å². The molecule has 3 rings (SSSR count). The van der Waals surface area contributed by atoms with E-state index in [1.54, 1.807) is 31.4 Å². The molecule has 0 radical (unpaired) electrons. The number of ether oxygens (including phenoxy) is 1. The summed E-state index contributed by atoms with van der Waals surface area (Å²) in [5.74, 6) is 1.57. The molecule has 0 N–H and O–H groups in total. The van der Waals surface area contributed by atoms with Crippen LogP contribution in [0.1, 0.15) is 40.0 Å². The lowest BCUT2D eigenvalue weighted by Crippen LogP contribution is -2.30. The van der Waals surface area contributed by atoms with Gasteiger partial charge in [0, 0.05) is 11.4 Å². The standard InChI is InChI=1S/C20H21NO3S/c1-24-15-9-11-16(12-10-15)25-14-6-2-5-13-21-19(22)17-7-3-4-8-18(17)20(21)23/h3-4,7-12H,2,5-6,13-14H2,1H3. The second-order valence-corrected chi connectivity index (χ2v) is 7.06. The molecule has 1 aliphatic rings. The summed E-state index contributed by atoms with van der Waals surface area (Å²) in [5.41, 5.74) is 1.06. The Hall–Kier alpha value is -2.27. The molecule has 0 bridgehead atoms. The van der Waals surface area contributed by atoms with Crippen molar-refractivity contribution in [3.8, 4) is 5.75 Å². The van der Waals surface area contributed by atoms with Crippen molar-refractivity contribution in [2.45, 2.75) is 24.2 Å². The quantitative estimate of drug-likeness (QED) is 0.403. The predicted molar refractivity (Wildman–Crippen MR) is 99.4 cm³/mol. The van der Waals surface area contributed by atoms with E-state index in [0.29, 0.717) is 17.7 Å². The summed E-state index contributed by atoms with van der Waals surface area (Å²) in [7, 11) is 1.66. The van der Waals surface area contributed by atoms with Gasteiger partial charge in [0.25, 0.3) is 11.8 Å². The molecule has 0 saturated heterocycles. The fourth-order valence-corrected chi connectivity index (χ4v) is 3.77. The van der Waals surface area contributed by atoms with Crippen LogP contribution in [0.4, 0.5) is 0 Å². The van der Waals surface area contributed by atoms with Crippen molar-refractivity contribution in [1.29, 1.82) is 0 Å². The summed E-state index contributed by atoms with van der Waals surface area (Å²) in [6, 6.07) is 15.1. The first-order valence-electron chi connectivity index (χ1n) is 8.43. The van der Waals surface area contributed by atoms with E-state index in [2.05, 4.69) is 12.1 Å². The highest BCUT2D eigenvalue weighted by atomic mass is 32.2. The number of thioether (sulfide) groups is 1. The van der Waals surface area contributed by atoms with Crippen molar-refractivity contribution < 1.29 is 14.3 Å². The molecule has 0 saturated carbocycles. The molecule has 2 amide bonds. The highest BCUT2D eigenvalue weighted by Gasteiger charge is 2.34. The van der Waals surface area contributed by atoms with E-state index in [0.717, 1.165) is 30.8 Å². The minimum absolute atomic E-state index is 0.159. The Morgan fingerprint density at radius 1 is 0.880 bits per heavy atom. The fourth-order valence-electron chi connectivity index (χ4n) is 2.85. The smallest absolute Gasteiger partial charge is 0.261 e. The topological polar surface area (TPSA) is 46.6 Å².